The molecule has 0 spiro atoms. The lowest BCUT2D eigenvalue weighted by Crippen LogP contribution is -2.56. The second-order valence-corrected chi connectivity index (χ2v) is 10.1. The second-order valence-electron chi connectivity index (χ2n) is 8.27. The van der Waals surface area contributed by atoms with E-state index in [0.717, 1.165) is 44.9 Å². The lowest BCUT2D eigenvalue weighted by Gasteiger charge is -2.50. The van der Waals surface area contributed by atoms with E-state index in [4.69, 9.17) is 0 Å². The maximum Gasteiger partial charge on any atom is 0.253 e. The van der Waals surface area contributed by atoms with Crippen LogP contribution in [0.3, 0.4) is 0 Å². The first-order chi connectivity index (χ1) is 13.8. The minimum atomic E-state index is -3.58. The summed E-state index contributed by atoms with van der Waals surface area (Å²) in [5.74, 6) is -0.410. The van der Waals surface area contributed by atoms with Crippen LogP contribution in [0.25, 0.3) is 0 Å². The molecule has 29 heavy (non-hydrogen) atoms. The summed E-state index contributed by atoms with van der Waals surface area (Å²) < 4.78 is 27.2. The normalized spacial score (nSPS) is 25.6. The first-order valence-corrected chi connectivity index (χ1v) is 11.7. The van der Waals surface area contributed by atoms with Crippen LogP contribution in [0.5, 0.6) is 0 Å². The molecule has 0 aliphatic heterocycles. The van der Waals surface area contributed by atoms with Crippen molar-refractivity contribution >= 4 is 21.6 Å². The van der Waals surface area contributed by atoms with E-state index in [0.29, 0.717) is 12.0 Å². The summed E-state index contributed by atoms with van der Waals surface area (Å²) in [7, 11) is -3.58. The first kappa shape index (κ1) is 21.1. The van der Waals surface area contributed by atoms with Gasteiger partial charge in [0, 0.05) is 5.54 Å². The van der Waals surface area contributed by atoms with Crippen molar-refractivity contribution in [3.8, 4) is 12.1 Å². The fourth-order valence-electron chi connectivity index (χ4n) is 4.29. The third kappa shape index (κ3) is 4.54. The Bertz CT molecular complexity index is 964. The zero-order valence-corrected chi connectivity index (χ0v) is 17.4. The van der Waals surface area contributed by atoms with Crippen molar-refractivity contribution in [2.24, 2.45) is 5.41 Å². The van der Waals surface area contributed by atoms with Crippen molar-refractivity contribution in [1.29, 1.82) is 10.5 Å². The fraction of sp³-hybridized carbons (Fsp3) is 0.571. The molecule has 7 nitrogen and oxygen atoms in total. The van der Waals surface area contributed by atoms with Gasteiger partial charge in [0.05, 0.1) is 40.1 Å². The van der Waals surface area contributed by atoms with Crippen LogP contribution in [-0.4, -0.2) is 25.6 Å². The van der Waals surface area contributed by atoms with E-state index in [-0.39, 0.29) is 33.9 Å². The fourth-order valence-corrected chi connectivity index (χ4v) is 5.58. The minimum Gasteiger partial charge on any atom is -0.347 e. The highest BCUT2D eigenvalue weighted by Crippen LogP contribution is 2.52. The highest BCUT2D eigenvalue weighted by molar-refractivity contribution is 7.92. The van der Waals surface area contributed by atoms with Gasteiger partial charge >= 0.3 is 0 Å². The standard InChI is InChI=1S/C21H26N4O3S/c1-2-3-12-29(27,28)25-18-5-4-16(14-22)13-17(18)19(26)24-21-9-6-20(15-23,7-10-21)8-11-21/h4-5,13,25H,2-3,6-12H2,1H3,(H,24,26). The number of nitrogens with zero attached hydrogens (tertiary/aromatic N) is 2. The Kier molecular flexibility index (Phi) is 5.86. The topological polar surface area (TPSA) is 123 Å². The van der Waals surface area contributed by atoms with Crippen LogP contribution < -0.4 is 10.0 Å². The summed E-state index contributed by atoms with van der Waals surface area (Å²) in [5.41, 5.74) is 0.0115. The highest BCUT2D eigenvalue weighted by Gasteiger charge is 2.49. The molecule has 0 saturated heterocycles. The number of benzene rings is 1. The Hall–Kier alpha value is -2.58. The summed E-state index contributed by atoms with van der Waals surface area (Å²) in [6.07, 6.45) is 5.77. The largest absolute Gasteiger partial charge is 0.347 e. The Labute approximate surface area is 172 Å². The van der Waals surface area contributed by atoms with E-state index in [9.17, 15) is 23.7 Å². The summed E-state index contributed by atoms with van der Waals surface area (Å²) in [6, 6.07) is 8.84. The zero-order valence-electron chi connectivity index (χ0n) is 16.6. The molecule has 0 radical (unpaired) electrons. The van der Waals surface area contributed by atoms with Crippen molar-refractivity contribution in [2.75, 3.05) is 10.5 Å². The number of carbonyl (C=O) groups is 1. The molecule has 0 aromatic heterocycles. The van der Waals surface area contributed by atoms with Crippen molar-refractivity contribution < 1.29 is 13.2 Å². The van der Waals surface area contributed by atoms with Gasteiger partial charge in [0.1, 0.15) is 0 Å². The second kappa shape index (κ2) is 8.04. The van der Waals surface area contributed by atoms with Crippen molar-refractivity contribution in [2.45, 2.75) is 63.8 Å². The van der Waals surface area contributed by atoms with Crippen LogP contribution in [0, 0.1) is 28.1 Å². The molecule has 154 valence electrons. The molecule has 2 bridgehead atoms. The smallest absolute Gasteiger partial charge is 0.253 e. The molecule has 3 fully saturated rings. The van der Waals surface area contributed by atoms with Gasteiger partial charge in [-0.05, 0) is 63.1 Å². The van der Waals surface area contributed by atoms with Crippen LogP contribution in [0.4, 0.5) is 5.69 Å². The number of amides is 1. The molecular weight excluding hydrogens is 388 g/mol. The Balaban J connectivity index is 1.83. The highest BCUT2D eigenvalue weighted by atomic mass is 32.2. The maximum atomic E-state index is 13.1. The molecule has 2 N–H and O–H groups in total. The molecular formula is C21H26N4O3S. The molecule has 0 atom stereocenters. The molecule has 1 aromatic carbocycles. The van der Waals surface area contributed by atoms with Crippen LogP contribution in [-0.2, 0) is 10.0 Å². The van der Waals surface area contributed by atoms with Gasteiger partial charge in [-0.15, -0.1) is 0 Å². The first-order valence-electron chi connectivity index (χ1n) is 10.0. The summed E-state index contributed by atoms with van der Waals surface area (Å²) >= 11 is 0. The van der Waals surface area contributed by atoms with Gasteiger partial charge in [-0.25, -0.2) is 8.42 Å². The van der Waals surface area contributed by atoms with Gasteiger partial charge in [-0.1, -0.05) is 13.3 Å². The molecule has 3 saturated carbocycles. The SMILES string of the molecule is CCCCS(=O)(=O)Nc1ccc(C#N)cc1C(=O)NC12CCC(C#N)(CC1)CC2. The molecule has 0 unspecified atom stereocenters. The number of fused-ring (bicyclic) bond motifs is 3. The molecule has 3 aliphatic rings. The van der Waals surface area contributed by atoms with Gasteiger partial charge in [0.25, 0.3) is 5.91 Å². The predicted molar refractivity (Wildman–Crippen MR) is 109 cm³/mol. The number of carbonyl (C=O) groups excluding carboxylic acids is 1. The lowest BCUT2D eigenvalue weighted by atomic mass is 9.58. The number of hydrogen-bond donors (Lipinski definition) is 2. The molecule has 3 aliphatic carbocycles. The number of unbranched alkanes of at least 4 members (excludes halogenated alkanes) is 1. The quantitative estimate of drug-likeness (QED) is 0.707. The lowest BCUT2D eigenvalue weighted by molar-refractivity contribution is 0.0522. The van der Waals surface area contributed by atoms with Gasteiger partial charge in [0.2, 0.25) is 10.0 Å². The van der Waals surface area contributed by atoms with Crippen LogP contribution in [0.2, 0.25) is 0 Å². The number of anilines is 1. The molecule has 1 amide bonds. The molecule has 0 heterocycles. The number of sulfonamides is 1. The summed E-state index contributed by atoms with van der Waals surface area (Å²) in [5, 5.41) is 21.8. The third-order valence-corrected chi connectivity index (χ3v) is 7.64. The van der Waals surface area contributed by atoms with E-state index >= 15 is 0 Å². The molecule has 4 rings (SSSR count). The average Bonchev–Trinajstić information content (AvgIpc) is 2.73. The predicted octanol–water partition coefficient (Wildman–Crippen LogP) is 3.45. The zero-order chi connectivity index (χ0) is 21.1. The Morgan fingerprint density at radius 2 is 1.79 bits per heavy atom. The van der Waals surface area contributed by atoms with Gasteiger partial charge < -0.3 is 5.32 Å². The van der Waals surface area contributed by atoms with Crippen molar-refractivity contribution in [3.63, 3.8) is 0 Å². The summed E-state index contributed by atoms with van der Waals surface area (Å²) in [6.45, 7) is 1.91. The number of rotatable bonds is 7. The van der Waals surface area contributed by atoms with Gasteiger partial charge in [0.15, 0.2) is 0 Å². The van der Waals surface area contributed by atoms with Gasteiger partial charge in [-0.3, -0.25) is 9.52 Å². The van der Waals surface area contributed by atoms with Crippen molar-refractivity contribution in [1.82, 2.24) is 5.32 Å². The van der Waals surface area contributed by atoms with E-state index in [2.05, 4.69) is 16.1 Å². The van der Waals surface area contributed by atoms with Crippen molar-refractivity contribution in [3.05, 3.63) is 29.3 Å². The van der Waals surface area contributed by atoms with E-state index in [1.165, 1.54) is 18.2 Å². The average molecular weight is 415 g/mol. The van der Waals surface area contributed by atoms with Crippen LogP contribution >= 0.6 is 0 Å². The number of nitrogens with one attached hydrogen (secondary N) is 2. The Morgan fingerprint density at radius 1 is 1.14 bits per heavy atom. The van der Waals surface area contributed by atoms with E-state index in [1.807, 2.05) is 13.0 Å². The van der Waals surface area contributed by atoms with Gasteiger partial charge in [-0.2, -0.15) is 10.5 Å². The Morgan fingerprint density at radius 3 is 2.34 bits per heavy atom. The van der Waals surface area contributed by atoms with E-state index < -0.39 is 10.0 Å². The van der Waals surface area contributed by atoms with E-state index in [1.54, 1.807) is 0 Å². The number of hydrogen-bond acceptors (Lipinski definition) is 5. The van der Waals surface area contributed by atoms with Crippen LogP contribution in [0.1, 0.15) is 74.2 Å². The minimum absolute atomic E-state index is 0.0231. The molecule has 8 heteroatoms. The molecule has 1 aromatic rings. The maximum absolute atomic E-state index is 13.1. The monoisotopic (exact) mass is 414 g/mol. The third-order valence-electron chi connectivity index (χ3n) is 6.29. The van der Waals surface area contributed by atoms with Crippen LogP contribution in [0.15, 0.2) is 18.2 Å². The number of nitriles is 2. The summed E-state index contributed by atoms with van der Waals surface area (Å²) in [4.78, 5) is 13.1.